The van der Waals surface area contributed by atoms with Gasteiger partial charge in [0.05, 0.1) is 12.1 Å². The summed E-state index contributed by atoms with van der Waals surface area (Å²) in [5.74, 6) is 2.18. The van der Waals surface area contributed by atoms with Gasteiger partial charge in [-0.15, -0.1) is 0 Å². The molecule has 2 aromatic heterocycles. The molecule has 1 aliphatic heterocycles. The molecule has 1 N–H and O–H groups in total. The van der Waals surface area contributed by atoms with Crippen LogP contribution in [0.2, 0.25) is 0 Å². The number of aryl methyl sites for hydroxylation is 2. The molecule has 0 spiro atoms. The fourth-order valence-corrected chi connectivity index (χ4v) is 3.87. The number of amides is 1. The molecule has 3 heterocycles. The largest absolute Gasteiger partial charge is 0.487 e. The summed E-state index contributed by atoms with van der Waals surface area (Å²) in [4.78, 5) is 21.7. The Kier molecular flexibility index (Phi) is 5.52. The molecular weight excluding hydrogens is 418 g/mol. The van der Waals surface area contributed by atoms with Crippen LogP contribution in [0.25, 0.3) is 11.4 Å². The van der Waals surface area contributed by atoms with Crippen molar-refractivity contribution < 1.29 is 18.7 Å². The first-order valence-electron chi connectivity index (χ1n) is 10.8. The number of carbonyl (C=O) groups excluding carboxylic acids is 1. The topological polar surface area (TPSA) is 86.5 Å². The zero-order valence-corrected chi connectivity index (χ0v) is 18.4. The first-order chi connectivity index (χ1) is 16.0. The lowest BCUT2D eigenvalue weighted by Crippen LogP contribution is -2.34. The fourth-order valence-electron chi connectivity index (χ4n) is 3.87. The molecule has 2 aromatic carbocycles. The van der Waals surface area contributed by atoms with E-state index in [1.54, 1.807) is 12.1 Å². The number of aromatic nitrogens is 2. The van der Waals surface area contributed by atoms with Gasteiger partial charge >= 0.3 is 0 Å². The summed E-state index contributed by atoms with van der Waals surface area (Å²) in [5, 5.41) is 2.89. The Morgan fingerprint density at radius 1 is 1.03 bits per heavy atom. The van der Waals surface area contributed by atoms with Gasteiger partial charge in [-0.05, 0) is 49.7 Å². The molecule has 4 aromatic rings. The SMILES string of the molecule is Cc1cc(C)nc(-c2cccc3c2O[C@@H](CNC(=O)c2ccc(Oc4ccccc4)o2)C3)n1. The number of para-hydroxylation sites is 2. The van der Waals surface area contributed by atoms with Crippen LogP contribution in [0, 0.1) is 13.8 Å². The molecule has 33 heavy (non-hydrogen) atoms. The van der Waals surface area contributed by atoms with Gasteiger partial charge in [-0.3, -0.25) is 4.79 Å². The molecule has 0 saturated carbocycles. The second kappa shape index (κ2) is 8.78. The van der Waals surface area contributed by atoms with E-state index in [4.69, 9.17) is 13.9 Å². The molecule has 0 bridgehead atoms. The highest BCUT2D eigenvalue weighted by molar-refractivity contribution is 5.91. The van der Waals surface area contributed by atoms with Gasteiger partial charge < -0.3 is 19.2 Å². The Balaban J connectivity index is 1.23. The predicted octanol–water partition coefficient (Wildman–Crippen LogP) is 4.88. The van der Waals surface area contributed by atoms with Crippen LogP contribution in [0.4, 0.5) is 0 Å². The maximum atomic E-state index is 12.6. The average Bonchev–Trinajstić information content (AvgIpc) is 3.44. The fraction of sp³-hybridized carbons (Fsp3) is 0.192. The first-order valence-corrected chi connectivity index (χ1v) is 10.8. The van der Waals surface area contributed by atoms with Gasteiger partial charge in [0.25, 0.3) is 11.9 Å². The van der Waals surface area contributed by atoms with Crippen molar-refractivity contribution >= 4 is 5.91 Å². The average molecular weight is 441 g/mol. The summed E-state index contributed by atoms with van der Waals surface area (Å²) < 4.78 is 17.3. The van der Waals surface area contributed by atoms with Gasteiger partial charge in [-0.25, -0.2) is 9.97 Å². The van der Waals surface area contributed by atoms with Crippen LogP contribution in [0.3, 0.4) is 0 Å². The van der Waals surface area contributed by atoms with Gasteiger partial charge in [-0.1, -0.05) is 30.3 Å². The Morgan fingerprint density at radius 3 is 2.61 bits per heavy atom. The van der Waals surface area contributed by atoms with Crippen LogP contribution in [0.5, 0.6) is 17.4 Å². The van der Waals surface area contributed by atoms with Gasteiger partial charge in [0.1, 0.15) is 17.6 Å². The molecule has 7 heteroatoms. The molecule has 0 aliphatic carbocycles. The summed E-state index contributed by atoms with van der Waals surface area (Å²) in [6, 6.07) is 20.4. The summed E-state index contributed by atoms with van der Waals surface area (Å²) >= 11 is 0. The lowest BCUT2D eigenvalue weighted by atomic mass is 10.1. The van der Waals surface area contributed by atoms with Crippen molar-refractivity contribution in [1.82, 2.24) is 15.3 Å². The predicted molar refractivity (Wildman–Crippen MR) is 123 cm³/mol. The molecule has 0 radical (unpaired) electrons. The Labute approximate surface area is 191 Å². The van der Waals surface area contributed by atoms with Gasteiger partial charge in [-0.2, -0.15) is 0 Å². The van der Waals surface area contributed by atoms with Crippen molar-refractivity contribution in [2.45, 2.75) is 26.4 Å². The van der Waals surface area contributed by atoms with Crippen molar-refractivity contribution in [3.63, 3.8) is 0 Å². The lowest BCUT2D eigenvalue weighted by Gasteiger charge is -2.13. The summed E-state index contributed by atoms with van der Waals surface area (Å²) in [6.07, 6.45) is 0.500. The van der Waals surface area contributed by atoms with E-state index >= 15 is 0 Å². The number of fused-ring (bicyclic) bond motifs is 1. The maximum Gasteiger partial charge on any atom is 0.290 e. The van der Waals surface area contributed by atoms with Crippen LogP contribution >= 0.6 is 0 Å². The molecule has 1 aliphatic rings. The molecule has 1 amide bonds. The van der Waals surface area contributed by atoms with E-state index in [0.29, 0.717) is 24.5 Å². The van der Waals surface area contributed by atoms with Crippen molar-refractivity contribution in [3.8, 4) is 28.8 Å². The minimum Gasteiger partial charge on any atom is -0.487 e. The number of hydrogen-bond acceptors (Lipinski definition) is 6. The van der Waals surface area contributed by atoms with Crippen molar-refractivity contribution in [1.29, 1.82) is 0 Å². The zero-order chi connectivity index (χ0) is 22.8. The van der Waals surface area contributed by atoms with Crippen LogP contribution in [0.1, 0.15) is 27.5 Å². The van der Waals surface area contributed by atoms with E-state index in [1.807, 2.05) is 68.4 Å². The number of ether oxygens (including phenoxy) is 2. The quantitative estimate of drug-likeness (QED) is 0.459. The van der Waals surface area contributed by atoms with Crippen LogP contribution in [-0.4, -0.2) is 28.5 Å². The standard InChI is InChI=1S/C26H23N3O4/c1-16-13-17(2)29-25(28-16)21-10-6-7-18-14-20(32-24(18)21)15-27-26(30)22-11-12-23(33-22)31-19-8-4-3-5-9-19/h3-13,20H,14-15H2,1-2H3,(H,27,30)/t20-/m1/s1. The van der Waals surface area contributed by atoms with Gasteiger partial charge in [0.2, 0.25) is 0 Å². The Bertz CT molecular complexity index is 1280. The maximum absolute atomic E-state index is 12.6. The molecule has 0 saturated heterocycles. The molecular formula is C26H23N3O4. The number of furan rings is 1. The molecule has 0 fully saturated rings. The van der Waals surface area contributed by atoms with Gasteiger partial charge in [0.15, 0.2) is 11.6 Å². The molecule has 166 valence electrons. The molecule has 7 nitrogen and oxygen atoms in total. The normalized spacial score (nSPS) is 14.4. The van der Waals surface area contributed by atoms with E-state index in [9.17, 15) is 4.79 Å². The van der Waals surface area contributed by atoms with Crippen LogP contribution < -0.4 is 14.8 Å². The molecule has 0 unspecified atom stereocenters. The Hall–Kier alpha value is -4.13. The minimum absolute atomic E-state index is 0.181. The first kappa shape index (κ1) is 20.8. The molecule has 1 atom stereocenters. The van der Waals surface area contributed by atoms with Crippen LogP contribution in [0.15, 0.2) is 71.1 Å². The Morgan fingerprint density at radius 2 is 1.82 bits per heavy atom. The van der Waals surface area contributed by atoms with Crippen molar-refractivity contribution in [3.05, 3.63) is 89.4 Å². The monoisotopic (exact) mass is 441 g/mol. The number of hydrogen-bond donors (Lipinski definition) is 1. The number of nitrogens with zero attached hydrogens (tertiary/aromatic N) is 2. The van der Waals surface area contributed by atoms with Gasteiger partial charge in [0, 0.05) is 23.9 Å². The zero-order valence-electron chi connectivity index (χ0n) is 18.4. The summed E-state index contributed by atoms with van der Waals surface area (Å²) in [6.45, 7) is 4.24. The lowest BCUT2D eigenvalue weighted by molar-refractivity contribution is 0.0901. The summed E-state index contributed by atoms with van der Waals surface area (Å²) in [7, 11) is 0. The van der Waals surface area contributed by atoms with Crippen molar-refractivity contribution in [2.24, 2.45) is 0 Å². The molecule has 5 rings (SSSR count). The smallest absolute Gasteiger partial charge is 0.290 e. The van der Waals surface area contributed by atoms with Crippen molar-refractivity contribution in [2.75, 3.05) is 6.54 Å². The van der Waals surface area contributed by atoms with Crippen LogP contribution in [-0.2, 0) is 6.42 Å². The number of rotatable bonds is 6. The second-order valence-electron chi connectivity index (χ2n) is 7.96. The van der Waals surface area contributed by atoms with E-state index < -0.39 is 0 Å². The third kappa shape index (κ3) is 4.57. The minimum atomic E-state index is -0.324. The third-order valence-corrected chi connectivity index (χ3v) is 5.31. The number of benzene rings is 2. The van der Waals surface area contributed by atoms with E-state index in [2.05, 4.69) is 15.3 Å². The van der Waals surface area contributed by atoms with E-state index in [1.165, 1.54) is 0 Å². The number of nitrogens with one attached hydrogen (secondary N) is 1. The number of carbonyl (C=O) groups is 1. The summed E-state index contributed by atoms with van der Waals surface area (Å²) in [5.41, 5.74) is 3.75. The highest BCUT2D eigenvalue weighted by Crippen LogP contribution is 2.37. The van der Waals surface area contributed by atoms with E-state index in [0.717, 1.165) is 28.3 Å². The van der Waals surface area contributed by atoms with E-state index in [-0.39, 0.29) is 23.7 Å². The third-order valence-electron chi connectivity index (χ3n) is 5.31. The highest BCUT2D eigenvalue weighted by atomic mass is 16.6. The second-order valence-corrected chi connectivity index (χ2v) is 7.96. The highest BCUT2D eigenvalue weighted by Gasteiger charge is 2.27.